The number of halogens is 1. The number of hydrogen-bond donors (Lipinski definition) is 2. The van der Waals surface area contributed by atoms with Crippen LogP contribution in [0.5, 0.6) is 11.5 Å². The summed E-state index contributed by atoms with van der Waals surface area (Å²) in [5, 5.41) is 10.9. The minimum Gasteiger partial charge on any atom is -0.454 e. The van der Waals surface area contributed by atoms with Gasteiger partial charge in [-0.25, -0.2) is 4.68 Å². The van der Waals surface area contributed by atoms with Crippen molar-refractivity contribution >= 4 is 29.9 Å². The van der Waals surface area contributed by atoms with Crippen molar-refractivity contribution in [3.8, 4) is 17.2 Å². The van der Waals surface area contributed by atoms with Crippen LogP contribution < -0.4 is 20.1 Å². The first-order chi connectivity index (χ1) is 13.3. The maximum absolute atomic E-state index is 5.41. The summed E-state index contributed by atoms with van der Waals surface area (Å²) >= 11 is 0. The molecule has 0 unspecified atom stereocenters. The van der Waals surface area contributed by atoms with Gasteiger partial charge in [0.15, 0.2) is 17.5 Å². The van der Waals surface area contributed by atoms with Gasteiger partial charge >= 0.3 is 0 Å². The van der Waals surface area contributed by atoms with Crippen molar-refractivity contribution in [3.63, 3.8) is 0 Å². The Balaban J connectivity index is 0.00000225. The van der Waals surface area contributed by atoms with Crippen LogP contribution in [0.15, 0.2) is 65.9 Å². The average Bonchev–Trinajstić information content (AvgIpc) is 3.40. The number of guanidine groups is 1. The lowest BCUT2D eigenvalue weighted by molar-refractivity contribution is 0.174. The number of nitrogens with zero attached hydrogens (tertiary/aromatic N) is 3. The highest BCUT2D eigenvalue weighted by Gasteiger charge is 2.13. The second kappa shape index (κ2) is 9.45. The topological polar surface area (TPSA) is 72.7 Å². The van der Waals surface area contributed by atoms with Gasteiger partial charge in [0.1, 0.15) is 0 Å². The number of ether oxygens (including phenoxy) is 2. The van der Waals surface area contributed by atoms with Gasteiger partial charge in [-0.15, -0.1) is 24.0 Å². The van der Waals surface area contributed by atoms with Crippen molar-refractivity contribution in [2.45, 2.75) is 13.1 Å². The zero-order valence-electron chi connectivity index (χ0n) is 15.5. The van der Waals surface area contributed by atoms with Crippen molar-refractivity contribution in [2.24, 2.45) is 4.99 Å². The zero-order valence-corrected chi connectivity index (χ0v) is 17.8. The van der Waals surface area contributed by atoms with Crippen molar-refractivity contribution < 1.29 is 9.47 Å². The summed E-state index contributed by atoms with van der Waals surface area (Å²) in [6, 6.07) is 16.1. The van der Waals surface area contributed by atoms with E-state index >= 15 is 0 Å². The van der Waals surface area contributed by atoms with Crippen LogP contribution >= 0.6 is 24.0 Å². The third-order valence-corrected chi connectivity index (χ3v) is 4.29. The third-order valence-electron chi connectivity index (χ3n) is 4.29. The van der Waals surface area contributed by atoms with E-state index in [9.17, 15) is 0 Å². The highest BCUT2D eigenvalue weighted by atomic mass is 127. The molecule has 0 amide bonds. The molecule has 2 aromatic carbocycles. The molecule has 0 saturated heterocycles. The summed E-state index contributed by atoms with van der Waals surface area (Å²) in [5.74, 6) is 2.32. The lowest BCUT2D eigenvalue weighted by atomic mass is 10.2. The van der Waals surface area contributed by atoms with Gasteiger partial charge in [-0.2, -0.15) is 5.10 Å². The van der Waals surface area contributed by atoms with E-state index in [1.807, 2.05) is 47.3 Å². The second-order valence-corrected chi connectivity index (χ2v) is 6.08. The number of nitrogens with one attached hydrogen (secondary N) is 2. The van der Waals surface area contributed by atoms with Crippen molar-refractivity contribution in [3.05, 3.63) is 72.1 Å². The van der Waals surface area contributed by atoms with Crippen LogP contribution in [0.25, 0.3) is 5.69 Å². The van der Waals surface area contributed by atoms with Crippen molar-refractivity contribution in [1.82, 2.24) is 20.4 Å². The van der Waals surface area contributed by atoms with Crippen LogP contribution in [-0.2, 0) is 13.1 Å². The molecular weight excluding hydrogens is 469 g/mol. The number of aromatic nitrogens is 2. The molecule has 2 N–H and O–H groups in total. The first-order valence-electron chi connectivity index (χ1n) is 8.74. The van der Waals surface area contributed by atoms with Gasteiger partial charge in [0.25, 0.3) is 0 Å². The number of hydrogen-bond acceptors (Lipinski definition) is 4. The molecule has 4 rings (SSSR count). The molecule has 7 nitrogen and oxygen atoms in total. The number of rotatable bonds is 5. The monoisotopic (exact) mass is 491 g/mol. The first kappa shape index (κ1) is 20.0. The fraction of sp³-hybridized carbons (Fsp3) is 0.200. The van der Waals surface area contributed by atoms with Crippen LogP contribution in [0.1, 0.15) is 11.1 Å². The van der Waals surface area contributed by atoms with Gasteiger partial charge in [0.2, 0.25) is 6.79 Å². The van der Waals surface area contributed by atoms with Gasteiger partial charge in [-0.1, -0.05) is 18.2 Å². The Kier molecular flexibility index (Phi) is 6.75. The Hall–Kier alpha value is -2.75. The Morgan fingerprint density at radius 2 is 1.75 bits per heavy atom. The molecule has 0 atom stereocenters. The predicted molar refractivity (Wildman–Crippen MR) is 119 cm³/mol. The number of aliphatic imine (C=N–C) groups is 1. The molecule has 1 aliphatic rings. The highest BCUT2D eigenvalue weighted by molar-refractivity contribution is 14.0. The molecule has 3 aromatic rings. The molecule has 8 heteroatoms. The van der Waals surface area contributed by atoms with E-state index in [1.54, 1.807) is 13.2 Å². The second-order valence-electron chi connectivity index (χ2n) is 6.08. The summed E-state index contributed by atoms with van der Waals surface area (Å²) in [5.41, 5.74) is 3.30. The quantitative estimate of drug-likeness (QED) is 0.326. The van der Waals surface area contributed by atoms with E-state index in [-0.39, 0.29) is 30.8 Å². The minimum atomic E-state index is 0. The minimum absolute atomic E-state index is 0. The molecule has 0 radical (unpaired) electrons. The molecule has 0 fully saturated rings. The van der Waals surface area contributed by atoms with E-state index in [2.05, 4.69) is 32.9 Å². The van der Waals surface area contributed by atoms with E-state index in [1.165, 1.54) is 0 Å². The molecule has 1 aliphatic heterocycles. The van der Waals surface area contributed by atoms with E-state index < -0.39 is 0 Å². The number of fused-ring (bicyclic) bond motifs is 1. The molecule has 2 heterocycles. The van der Waals surface area contributed by atoms with Gasteiger partial charge in [-0.05, 0) is 41.5 Å². The normalized spacial score (nSPS) is 12.4. The van der Waals surface area contributed by atoms with Gasteiger partial charge in [0.05, 0.1) is 5.69 Å². The molecule has 0 spiro atoms. The number of benzene rings is 2. The Labute approximate surface area is 180 Å². The maximum atomic E-state index is 5.41. The fourth-order valence-electron chi connectivity index (χ4n) is 2.83. The zero-order chi connectivity index (χ0) is 18.5. The van der Waals surface area contributed by atoms with E-state index in [4.69, 9.17) is 9.47 Å². The molecule has 1 aromatic heterocycles. The predicted octanol–water partition coefficient (Wildman–Crippen LogP) is 3.08. The first-order valence-corrected chi connectivity index (χ1v) is 8.74. The molecule has 0 saturated carbocycles. The van der Waals surface area contributed by atoms with Crippen LogP contribution in [0, 0.1) is 0 Å². The van der Waals surface area contributed by atoms with Crippen LogP contribution in [0.2, 0.25) is 0 Å². The fourth-order valence-corrected chi connectivity index (χ4v) is 2.83. The Bertz CT molecular complexity index is 926. The molecule has 0 bridgehead atoms. The summed E-state index contributed by atoms with van der Waals surface area (Å²) in [7, 11) is 1.76. The van der Waals surface area contributed by atoms with Crippen LogP contribution in [0.3, 0.4) is 0 Å². The summed E-state index contributed by atoms with van der Waals surface area (Å²) < 4.78 is 12.6. The maximum Gasteiger partial charge on any atom is 0.231 e. The summed E-state index contributed by atoms with van der Waals surface area (Å²) in [6.45, 7) is 1.61. The van der Waals surface area contributed by atoms with E-state index in [0.29, 0.717) is 13.1 Å². The summed E-state index contributed by atoms with van der Waals surface area (Å²) in [6.07, 6.45) is 3.69. The molecule has 28 heavy (non-hydrogen) atoms. The Morgan fingerprint density at radius 1 is 1.04 bits per heavy atom. The lowest BCUT2D eigenvalue weighted by Gasteiger charge is -2.12. The molecule has 146 valence electrons. The Morgan fingerprint density at radius 3 is 2.46 bits per heavy atom. The molecular formula is C20H22IN5O2. The lowest BCUT2D eigenvalue weighted by Crippen LogP contribution is -2.36. The van der Waals surface area contributed by atoms with Crippen LogP contribution in [0.4, 0.5) is 0 Å². The van der Waals surface area contributed by atoms with Gasteiger partial charge in [0, 0.05) is 32.5 Å². The largest absolute Gasteiger partial charge is 0.454 e. The SMILES string of the molecule is CN=C(NCc1ccc(-n2cccn2)cc1)NCc1ccc2c(c1)OCO2.I. The summed E-state index contributed by atoms with van der Waals surface area (Å²) in [4.78, 5) is 4.27. The average molecular weight is 491 g/mol. The standard InChI is InChI=1S/C20H21N5O2.HI/c1-21-20(23-13-16-5-8-18-19(11-16)27-14-26-18)22-12-15-3-6-17(7-4-15)25-10-2-9-24-25;/h2-11H,12-14H2,1H3,(H2,21,22,23);1H. The van der Waals surface area contributed by atoms with Gasteiger partial charge < -0.3 is 20.1 Å². The van der Waals surface area contributed by atoms with Crippen molar-refractivity contribution in [1.29, 1.82) is 0 Å². The van der Waals surface area contributed by atoms with Crippen molar-refractivity contribution in [2.75, 3.05) is 13.8 Å². The van der Waals surface area contributed by atoms with Gasteiger partial charge in [-0.3, -0.25) is 4.99 Å². The van der Waals surface area contributed by atoms with Crippen LogP contribution in [-0.4, -0.2) is 29.6 Å². The smallest absolute Gasteiger partial charge is 0.231 e. The highest BCUT2D eigenvalue weighted by Crippen LogP contribution is 2.32. The molecule has 0 aliphatic carbocycles. The third kappa shape index (κ3) is 4.75. The van der Waals surface area contributed by atoms with E-state index in [0.717, 1.165) is 34.3 Å².